The van der Waals surface area contributed by atoms with Crippen molar-refractivity contribution in [3.05, 3.63) is 76.3 Å². The average molecular weight is 448 g/mol. The maximum atomic E-state index is 12.4. The lowest BCUT2D eigenvalue weighted by molar-refractivity contribution is 0.603. The van der Waals surface area contributed by atoms with Crippen molar-refractivity contribution in [3.63, 3.8) is 0 Å². The van der Waals surface area contributed by atoms with Crippen molar-refractivity contribution in [1.82, 2.24) is 9.78 Å². The first kappa shape index (κ1) is 17.3. The number of nitrogens with zero attached hydrogens (tertiary/aromatic N) is 2. The molecule has 8 heteroatoms. The predicted octanol–water partition coefficient (Wildman–Crippen LogP) is 4.71. The molecule has 0 unspecified atom stereocenters. The van der Waals surface area contributed by atoms with Crippen molar-refractivity contribution < 1.29 is 8.42 Å². The molecule has 0 saturated carbocycles. The first-order valence-electron chi connectivity index (χ1n) is 7.78. The van der Waals surface area contributed by atoms with Crippen molar-refractivity contribution in [1.29, 1.82) is 0 Å². The van der Waals surface area contributed by atoms with Crippen molar-refractivity contribution in [2.75, 3.05) is 4.72 Å². The summed E-state index contributed by atoms with van der Waals surface area (Å²) >= 11 is 4.44. The molecule has 0 fully saturated rings. The lowest BCUT2D eigenvalue weighted by Gasteiger charge is -2.07. The van der Waals surface area contributed by atoms with Gasteiger partial charge in [-0.1, -0.05) is 42.5 Å². The molecule has 2 heterocycles. The normalized spacial score (nSPS) is 11.7. The zero-order valence-electron chi connectivity index (χ0n) is 13.5. The van der Waals surface area contributed by atoms with Crippen LogP contribution in [0.5, 0.6) is 0 Å². The molecular weight excluding hydrogens is 434 g/mol. The minimum atomic E-state index is -3.60. The van der Waals surface area contributed by atoms with Gasteiger partial charge >= 0.3 is 0 Å². The Morgan fingerprint density at radius 2 is 1.88 bits per heavy atom. The van der Waals surface area contributed by atoms with Crippen molar-refractivity contribution in [2.24, 2.45) is 0 Å². The maximum absolute atomic E-state index is 12.4. The number of hydrogen-bond acceptors (Lipinski definition) is 4. The maximum Gasteiger partial charge on any atom is 0.271 e. The molecular formula is C18H14BrN3O2S2. The third-order valence-electron chi connectivity index (χ3n) is 3.91. The summed E-state index contributed by atoms with van der Waals surface area (Å²) in [6.07, 6.45) is 3.22. The summed E-state index contributed by atoms with van der Waals surface area (Å²) in [4.78, 5) is 0. The summed E-state index contributed by atoms with van der Waals surface area (Å²) in [6.45, 7) is 0.563. The Morgan fingerprint density at radius 3 is 2.69 bits per heavy atom. The van der Waals surface area contributed by atoms with E-state index in [2.05, 4.69) is 50.0 Å². The Balaban J connectivity index is 1.57. The van der Waals surface area contributed by atoms with Gasteiger partial charge in [0, 0.05) is 6.20 Å². The molecule has 0 saturated heterocycles. The lowest BCUT2D eigenvalue weighted by Crippen LogP contribution is -2.10. The monoisotopic (exact) mass is 447 g/mol. The fourth-order valence-electron chi connectivity index (χ4n) is 2.76. The first-order chi connectivity index (χ1) is 12.5. The van der Waals surface area contributed by atoms with Crippen LogP contribution in [-0.2, 0) is 16.6 Å². The van der Waals surface area contributed by atoms with Crippen LogP contribution < -0.4 is 4.72 Å². The molecule has 0 bridgehead atoms. The summed E-state index contributed by atoms with van der Waals surface area (Å²) < 4.78 is 30.1. The van der Waals surface area contributed by atoms with Crippen LogP contribution in [-0.4, -0.2) is 18.2 Å². The highest BCUT2D eigenvalue weighted by Crippen LogP contribution is 2.27. The van der Waals surface area contributed by atoms with Gasteiger partial charge in [-0.15, -0.1) is 11.3 Å². The van der Waals surface area contributed by atoms with Crippen molar-refractivity contribution in [2.45, 2.75) is 10.8 Å². The third kappa shape index (κ3) is 3.53. The predicted molar refractivity (Wildman–Crippen MR) is 108 cm³/mol. The first-order valence-corrected chi connectivity index (χ1v) is 10.9. The molecule has 132 valence electrons. The Hall–Kier alpha value is -2.16. The van der Waals surface area contributed by atoms with E-state index in [-0.39, 0.29) is 4.21 Å². The van der Waals surface area contributed by atoms with Crippen LogP contribution in [0.1, 0.15) is 5.56 Å². The fourth-order valence-corrected chi connectivity index (χ4v) is 5.79. The molecule has 26 heavy (non-hydrogen) atoms. The van der Waals surface area contributed by atoms with Gasteiger partial charge in [-0.25, -0.2) is 8.42 Å². The SMILES string of the molecule is O=S(=O)(Nc1cnn(Cc2cccc3ccccc23)c1)c1ccc(Br)s1. The van der Waals surface area contributed by atoms with Gasteiger partial charge < -0.3 is 0 Å². The van der Waals surface area contributed by atoms with Crippen LogP contribution in [0, 0.1) is 0 Å². The highest BCUT2D eigenvalue weighted by molar-refractivity contribution is 9.11. The number of thiophene rings is 1. The van der Waals surface area contributed by atoms with Gasteiger partial charge in [-0.2, -0.15) is 5.10 Å². The fraction of sp³-hybridized carbons (Fsp3) is 0.0556. The van der Waals surface area contributed by atoms with Crippen LogP contribution >= 0.6 is 27.3 Å². The van der Waals surface area contributed by atoms with Gasteiger partial charge in [0.1, 0.15) is 4.21 Å². The number of nitrogens with one attached hydrogen (secondary N) is 1. The van der Waals surface area contributed by atoms with Crippen LogP contribution in [0.4, 0.5) is 5.69 Å². The van der Waals surface area contributed by atoms with Crippen molar-refractivity contribution in [3.8, 4) is 0 Å². The summed E-state index contributed by atoms with van der Waals surface area (Å²) in [5.41, 5.74) is 1.57. The molecule has 0 aliphatic rings. The van der Waals surface area contributed by atoms with Crippen LogP contribution in [0.3, 0.4) is 0 Å². The molecule has 0 amide bonds. The van der Waals surface area contributed by atoms with Crippen molar-refractivity contribution >= 4 is 53.7 Å². The van der Waals surface area contributed by atoms with E-state index >= 15 is 0 Å². The Kier molecular flexibility index (Phi) is 4.56. The molecule has 5 nitrogen and oxygen atoms in total. The summed E-state index contributed by atoms with van der Waals surface area (Å²) in [5.74, 6) is 0. The molecule has 0 spiro atoms. The number of rotatable bonds is 5. The second-order valence-corrected chi connectivity index (χ2v) is 10.1. The number of aromatic nitrogens is 2. The van der Waals surface area contributed by atoms with Gasteiger partial charge in [-0.3, -0.25) is 9.40 Å². The lowest BCUT2D eigenvalue weighted by atomic mass is 10.0. The quantitative estimate of drug-likeness (QED) is 0.481. The van der Waals surface area contributed by atoms with E-state index in [0.29, 0.717) is 12.2 Å². The number of fused-ring (bicyclic) bond motifs is 1. The van der Waals surface area contributed by atoms with Crippen LogP contribution in [0.25, 0.3) is 10.8 Å². The van der Waals surface area contributed by atoms with Crippen LogP contribution in [0.2, 0.25) is 0 Å². The highest BCUT2D eigenvalue weighted by atomic mass is 79.9. The van der Waals surface area contributed by atoms with E-state index in [0.717, 1.165) is 26.1 Å². The second kappa shape index (κ2) is 6.86. The van der Waals surface area contributed by atoms with Gasteiger partial charge in [-0.05, 0) is 44.4 Å². The summed E-state index contributed by atoms with van der Waals surface area (Å²) in [7, 11) is -3.60. The molecule has 4 rings (SSSR count). The second-order valence-electron chi connectivity index (χ2n) is 5.73. The van der Waals surface area contributed by atoms with Crippen LogP contribution in [0.15, 0.2) is 75.0 Å². The summed E-state index contributed by atoms with van der Waals surface area (Å²) in [5, 5.41) is 6.62. The molecule has 4 aromatic rings. The Morgan fingerprint density at radius 1 is 1.08 bits per heavy atom. The number of anilines is 1. The topological polar surface area (TPSA) is 64.0 Å². The molecule has 0 aliphatic carbocycles. The van der Waals surface area contributed by atoms with Gasteiger partial charge in [0.25, 0.3) is 10.0 Å². The zero-order chi connectivity index (χ0) is 18.1. The minimum absolute atomic E-state index is 0.256. The molecule has 2 aromatic carbocycles. The van der Waals surface area contributed by atoms with E-state index < -0.39 is 10.0 Å². The van der Waals surface area contributed by atoms with E-state index in [1.807, 2.05) is 18.2 Å². The Bertz CT molecular complexity index is 1180. The number of sulfonamides is 1. The number of halogens is 1. The largest absolute Gasteiger partial charge is 0.276 e. The smallest absolute Gasteiger partial charge is 0.271 e. The Labute approximate surface area is 163 Å². The average Bonchev–Trinajstić information content (AvgIpc) is 3.24. The number of hydrogen-bond donors (Lipinski definition) is 1. The minimum Gasteiger partial charge on any atom is -0.276 e. The highest BCUT2D eigenvalue weighted by Gasteiger charge is 2.17. The molecule has 0 radical (unpaired) electrons. The summed E-state index contributed by atoms with van der Waals surface area (Å²) in [6, 6.07) is 17.6. The number of benzene rings is 2. The molecule has 0 aliphatic heterocycles. The van der Waals surface area contributed by atoms with Gasteiger partial charge in [0.2, 0.25) is 0 Å². The van der Waals surface area contributed by atoms with E-state index in [1.54, 1.807) is 23.0 Å². The zero-order valence-corrected chi connectivity index (χ0v) is 16.7. The van der Waals surface area contributed by atoms with Gasteiger partial charge in [0.15, 0.2) is 0 Å². The molecule has 0 atom stereocenters. The molecule has 1 N–H and O–H groups in total. The van der Waals surface area contributed by atoms with Gasteiger partial charge in [0.05, 0.1) is 22.2 Å². The third-order valence-corrected chi connectivity index (χ3v) is 7.41. The molecule has 2 aromatic heterocycles. The van der Waals surface area contributed by atoms with E-state index in [4.69, 9.17) is 0 Å². The van der Waals surface area contributed by atoms with E-state index in [1.165, 1.54) is 11.6 Å². The standard InChI is InChI=1S/C18H14BrN3O2S2/c19-17-8-9-18(25-17)26(23,24)21-15-10-20-22(12-15)11-14-6-3-5-13-4-1-2-7-16(13)14/h1-10,12,21H,11H2. The van der Waals surface area contributed by atoms with E-state index in [9.17, 15) is 8.42 Å².